The van der Waals surface area contributed by atoms with Crippen molar-refractivity contribution in [2.45, 2.75) is 37.3 Å². The molecule has 1 saturated carbocycles. The van der Waals surface area contributed by atoms with Crippen LogP contribution in [0, 0.1) is 5.92 Å². The lowest BCUT2D eigenvalue weighted by Gasteiger charge is -2.52. The van der Waals surface area contributed by atoms with E-state index in [1.807, 2.05) is 30.3 Å². The Labute approximate surface area is 129 Å². The van der Waals surface area contributed by atoms with Crippen molar-refractivity contribution in [2.75, 3.05) is 13.1 Å². The fourth-order valence-electron chi connectivity index (χ4n) is 4.74. The van der Waals surface area contributed by atoms with Crippen molar-refractivity contribution >= 4 is 16.8 Å². The fraction of sp³-hybridized carbons (Fsp3) is 0.500. The van der Waals surface area contributed by atoms with Crippen LogP contribution >= 0.6 is 0 Å². The number of carbonyl (C=O) groups is 1. The minimum Gasteiger partial charge on any atom is -0.351 e. The van der Waals surface area contributed by atoms with Gasteiger partial charge in [0.05, 0.1) is 6.04 Å². The van der Waals surface area contributed by atoms with Crippen LogP contribution in [0.25, 0.3) is 10.9 Å². The topological polar surface area (TPSA) is 48.1 Å². The van der Waals surface area contributed by atoms with Crippen molar-refractivity contribution in [3.8, 4) is 0 Å². The minimum absolute atomic E-state index is 0.0567. The lowest BCUT2D eigenvalue weighted by Crippen LogP contribution is -2.65. The van der Waals surface area contributed by atoms with Gasteiger partial charge in [-0.2, -0.15) is 0 Å². The number of nitrogens with one attached hydrogen (secondary N) is 2. The molecule has 2 bridgehead atoms. The summed E-state index contributed by atoms with van der Waals surface area (Å²) in [7, 11) is 0. The van der Waals surface area contributed by atoms with Crippen molar-refractivity contribution in [1.82, 2.24) is 15.2 Å². The molecule has 1 aliphatic carbocycles. The summed E-state index contributed by atoms with van der Waals surface area (Å²) in [5.41, 5.74) is 2.01. The molecular formula is C18H21N3O. The number of benzene rings is 1. The van der Waals surface area contributed by atoms with Crippen LogP contribution in [0.3, 0.4) is 0 Å². The van der Waals surface area contributed by atoms with E-state index in [9.17, 15) is 4.79 Å². The predicted octanol–water partition coefficient (Wildman–Crippen LogP) is 2.52. The number of para-hydroxylation sites is 1. The summed E-state index contributed by atoms with van der Waals surface area (Å²) in [6, 6.07) is 10.4. The molecule has 3 aliphatic heterocycles. The summed E-state index contributed by atoms with van der Waals surface area (Å²) >= 11 is 0. The fourth-order valence-corrected chi connectivity index (χ4v) is 4.74. The molecule has 0 radical (unpaired) electrons. The van der Waals surface area contributed by atoms with Crippen LogP contribution in [0.5, 0.6) is 0 Å². The quantitative estimate of drug-likeness (QED) is 0.894. The number of hydrogen-bond acceptors (Lipinski definition) is 2. The second-order valence-corrected chi connectivity index (χ2v) is 7.15. The molecular weight excluding hydrogens is 274 g/mol. The zero-order valence-corrected chi connectivity index (χ0v) is 12.6. The van der Waals surface area contributed by atoms with Crippen molar-refractivity contribution in [1.29, 1.82) is 0 Å². The third-order valence-electron chi connectivity index (χ3n) is 6.04. The van der Waals surface area contributed by atoms with Gasteiger partial charge in [0.15, 0.2) is 0 Å². The second kappa shape index (κ2) is 4.35. The summed E-state index contributed by atoms with van der Waals surface area (Å²) in [5.74, 6) is 0.724. The zero-order chi connectivity index (χ0) is 14.7. The summed E-state index contributed by atoms with van der Waals surface area (Å²) in [5, 5.41) is 4.47. The summed E-state index contributed by atoms with van der Waals surface area (Å²) < 4.78 is 0. The molecule has 2 N–H and O–H groups in total. The molecule has 1 aromatic carbocycles. The van der Waals surface area contributed by atoms with Gasteiger partial charge in [-0.1, -0.05) is 18.2 Å². The first kappa shape index (κ1) is 12.7. The van der Waals surface area contributed by atoms with E-state index in [-0.39, 0.29) is 5.91 Å². The smallest absolute Gasteiger partial charge is 0.268 e. The minimum atomic E-state index is 0.0567. The van der Waals surface area contributed by atoms with E-state index in [1.165, 1.54) is 38.8 Å². The number of fused-ring (bicyclic) bond motifs is 3. The molecule has 1 spiro atoms. The molecule has 22 heavy (non-hydrogen) atoms. The van der Waals surface area contributed by atoms with Crippen molar-refractivity contribution in [3.05, 3.63) is 36.0 Å². The first-order valence-corrected chi connectivity index (χ1v) is 8.40. The van der Waals surface area contributed by atoms with E-state index in [0.29, 0.717) is 23.2 Å². The largest absolute Gasteiger partial charge is 0.351 e. The average Bonchev–Trinajstić information content (AvgIpc) is 3.20. The number of piperidine rings is 3. The Morgan fingerprint density at radius 3 is 2.73 bits per heavy atom. The van der Waals surface area contributed by atoms with Gasteiger partial charge >= 0.3 is 0 Å². The van der Waals surface area contributed by atoms with Crippen LogP contribution in [-0.2, 0) is 0 Å². The molecule has 6 rings (SSSR count). The Hall–Kier alpha value is -1.81. The van der Waals surface area contributed by atoms with Gasteiger partial charge in [-0.3, -0.25) is 9.69 Å². The molecule has 1 unspecified atom stereocenters. The SMILES string of the molecule is O=C(NC1C2CCN(CC2)C12CC2)c1cc2ccccc2[nH]1. The average molecular weight is 295 g/mol. The summed E-state index contributed by atoms with van der Waals surface area (Å²) in [6.45, 7) is 2.45. The number of rotatable bonds is 2. The van der Waals surface area contributed by atoms with Crippen LogP contribution in [-0.4, -0.2) is 40.5 Å². The van der Waals surface area contributed by atoms with Gasteiger partial charge in [0.1, 0.15) is 5.69 Å². The maximum Gasteiger partial charge on any atom is 0.268 e. The number of hydrogen-bond donors (Lipinski definition) is 2. The Morgan fingerprint density at radius 2 is 2.00 bits per heavy atom. The number of nitrogens with zero attached hydrogens (tertiary/aromatic N) is 1. The predicted molar refractivity (Wildman–Crippen MR) is 85.8 cm³/mol. The highest BCUT2D eigenvalue weighted by molar-refractivity contribution is 5.98. The molecule has 4 heterocycles. The highest BCUT2D eigenvalue weighted by Crippen LogP contribution is 2.53. The lowest BCUT2D eigenvalue weighted by atomic mass is 9.77. The third-order valence-corrected chi connectivity index (χ3v) is 6.04. The standard InChI is InChI=1S/C18H21N3O/c22-17(15-11-13-3-1-2-4-14(13)19-15)20-16-12-5-9-21(10-6-12)18(16)7-8-18/h1-4,11-12,16,19H,5-10H2,(H,20,22). The van der Waals surface area contributed by atoms with E-state index in [0.717, 1.165) is 10.9 Å². The van der Waals surface area contributed by atoms with Crippen molar-refractivity contribution in [2.24, 2.45) is 5.92 Å². The monoisotopic (exact) mass is 295 g/mol. The molecule has 3 saturated heterocycles. The maximum absolute atomic E-state index is 12.7. The van der Waals surface area contributed by atoms with E-state index in [2.05, 4.69) is 15.2 Å². The molecule has 4 nitrogen and oxygen atoms in total. The first-order valence-electron chi connectivity index (χ1n) is 8.40. The van der Waals surface area contributed by atoms with Crippen LogP contribution in [0.15, 0.2) is 30.3 Å². The van der Waals surface area contributed by atoms with E-state index in [1.54, 1.807) is 0 Å². The van der Waals surface area contributed by atoms with Gasteiger partial charge in [0.2, 0.25) is 0 Å². The highest BCUT2D eigenvalue weighted by Gasteiger charge is 2.60. The number of aromatic amines is 1. The maximum atomic E-state index is 12.7. The van der Waals surface area contributed by atoms with Gasteiger partial charge in [-0.15, -0.1) is 0 Å². The Morgan fingerprint density at radius 1 is 1.23 bits per heavy atom. The third kappa shape index (κ3) is 1.70. The van der Waals surface area contributed by atoms with Crippen molar-refractivity contribution < 1.29 is 4.79 Å². The lowest BCUT2D eigenvalue weighted by molar-refractivity contribution is -0.00151. The number of carbonyl (C=O) groups excluding carboxylic acids is 1. The van der Waals surface area contributed by atoms with Crippen LogP contribution < -0.4 is 5.32 Å². The molecule has 1 atom stereocenters. The van der Waals surface area contributed by atoms with E-state index < -0.39 is 0 Å². The van der Waals surface area contributed by atoms with Crippen LogP contribution in [0.2, 0.25) is 0 Å². The Balaban J connectivity index is 1.42. The highest BCUT2D eigenvalue weighted by atomic mass is 16.2. The Kier molecular flexibility index (Phi) is 2.51. The molecule has 4 fully saturated rings. The van der Waals surface area contributed by atoms with Gasteiger partial charge in [-0.25, -0.2) is 0 Å². The van der Waals surface area contributed by atoms with Gasteiger partial charge in [-0.05, 0) is 56.8 Å². The number of aromatic nitrogens is 1. The van der Waals surface area contributed by atoms with Crippen LogP contribution in [0.4, 0.5) is 0 Å². The second-order valence-electron chi connectivity index (χ2n) is 7.15. The Bertz CT molecular complexity index is 705. The van der Waals surface area contributed by atoms with Gasteiger partial charge in [0, 0.05) is 16.4 Å². The molecule has 114 valence electrons. The molecule has 4 heteroatoms. The van der Waals surface area contributed by atoms with E-state index in [4.69, 9.17) is 0 Å². The normalized spacial score (nSPS) is 31.5. The summed E-state index contributed by atoms with van der Waals surface area (Å²) in [6.07, 6.45) is 4.97. The molecule has 1 aromatic heterocycles. The summed E-state index contributed by atoms with van der Waals surface area (Å²) in [4.78, 5) is 18.6. The molecule has 4 aliphatic rings. The van der Waals surface area contributed by atoms with Gasteiger partial charge < -0.3 is 10.3 Å². The number of H-pyrrole nitrogens is 1. The van der Waals surface area contributed by atoms with Gasteiger partial charge in [0.25, 0.3) is 5.91 Å². The van der Waals surface area contributed by atoms with Crippen LogP contribution in [0.1, 0.15) is 36.2 Å². The first-order chi connectivity index (χ1) is 10.8. The zero-order valence-electron chi connectivity index (χ0n) is 12.6. The van der Waals surface area contributed by atoms with Crippen molar-refractivity contribution in [3.63, 3.8) is 0 Å². The number of amides is 1. The molecule has 2 aromatic rings. The van der Waals surface area contributed by atoms with E-state index >= 15 is 0 Å². The molecule has 1 amide bonds.